The molecule has 0 aromatic rings. The smallest absolute Gasteiger partial charge is 0.120 e. The van der Waals surface area contributed by atoms with Crippen LogP contribution in [0.4, 0.5) is 0 Å². The third-order valence-corrected chi connectivity index (χ3v) is 2.32. The molecule has 12 heavy (non-hydrogen) atoms. The Morgan fingerprint density at radius 2 is 2.00 bits per heavy atom. The van der Waals surface area contributed by atoms with Gasteiger partial charge in [0.1, 0.15) is 6.29 Å². The average Bonchev–Trinajstić information content (AvgIpc) is 2.03. The first-order valence-electron chi connectivity index (χ1n) is 4.76. The number of rotatable bonds is 7. The van der Waals surface area contributed by atoms with Gasteiger partial charge in [0.15, 0.2) is 0 Å². The zero-order chi connectivity index (χ0) is 9.40. The van der Waals surface area contributed by atoms with Gasteiger partial charge in [-0.15, -0.1) is 0 Å². The predicted molar refractivity (Wildman–Crippen MR) is 49.9 cm³/mol. The number of aliphatic hydroxyl groups excluding tert-OH is 1. The van der Waals surface area contributed by atoms with Crippen LogP contribution in [0.2, 0.25) is 0 Å². The number of hydrogen-bond acceptors (Lipinski definition) is 2. The van der Waals surface area contributed by atoms with Crippen LogP contribution in [0.5, 0.6) is 0 Å². The van der Waals surface area contributed by atoms with Crippen molar-refractivity contribution in [2.24, 2.45) is 11.8 Å². The van der Waals surface area contributed by atoms with Crippen molar-refractivity contribution in [1.29, 1.82) is 0 Å². The van der Waals surface area contributed by atoms with Gasteiger partial charge in [-0.25, -0.2) is 0 Å². The first-order chi connectivity index (χ1) is 5.72. The second-order valence-corrected chi connectivity index (χ2v) is 3.63. The van der Waals surface area contributed by atoms with Crippen molar-refractivity contribution in [3.05, 3.63) is 0 Å². The number of carbonyl (C=O) groups excluding carboxylic acids is 1. The molecule has 0 aromatic heterocycles. The minimum Gasteiger partial charge on any atom is -0.396 e. The largest absolute Gasteiger partial charge is 0.396 e. The Morgan fingerprint density at radius 1 is 1.33 bits per heavy atom. The van der Waals surface area contributed by atoms with Gasteiger partial charge in [0, 0.05) is 13.0 Å². The summed E-state index contributed by atoms with van der Waals surface area (Å²) in [7, 11) is 0. The Kier molecular flexibility index (Phi) is 7.06. The van der Waals surface area contributed by atoms with Crippen molar-refractivity contribution in [1.82, 2.24) is 0 Å². The first kappa shape index (κ1) is 11.6. The molecule has 2 heteroatoms. The van der Waals surface area contributed by atoms with Crippen LogP contribution in [0.25, 0.3) is 0 Å². The summed E-state index contributed by atoms with van der Waals surface area (Å²) in [5.74, 6) is 1.09. The van der Waals surface area contributed by atoms with Gasteiger partial charge in [0.2, 0.25) is 0 Å². The van der Waals surface area contributed by atoms with Crippen LogP contribution in [-0.2, 0) is 4.79 Å². The molecule has 0 heterocycles. The van der Waals surface area contributed by atoms with E-state index >= 15 is 0 Å². The lowest BCUT2D eigenvalue weighted by Gasteiger charge is -2.17. The fourth-order valence-corrected chi connectivity index (χ4v) is 1.37. The van der Waals surface area contributed by atoms with Crippen LogP contribution >= 0.6 is 0 Å². The number of hydrogen-bond donors (Lipinski definition) is 1. The van der Waals surface area contributed by atoms with Crippen molar-refractivity contribution < 1.29 is 9.90 Å². The molecule has 0 aliphatic rings. The van der Waals surface area contributed by atoms with E-state index in [2.05, 4.69) is 13.8 Å². The summed E-state index contributed by atoms with van der Waals surface area (Å²) in [6, 6.07) is 0. The number of carbonyl (C=O) groups is 1. The molecule has 2 nitrogen and oxygen atoms in total. The molecule has 0 amide bonds. The van der Waals surface area contributed by atoms with E-state index in [-0.39, 0.29) is 6.61 Å². The highest BCUT2D eigenvalue weighted by Gasteiger charge is 2.11. The summed E-state index contributed by atoms with van der Waals surface area (Å²) in [4.78, 5) is 10.3. The van der Waals surface area contributed by atoms with Crippen LogP contribution in [0, 0.1) is 11.8 Å². The van der Waals surface area contributed by atoms with Crippen molar-refractivity contribution in [2.45, 2.75) is 39.5 Å². The molecule has 0 spiro atoms. The maximum absolute atomic E-state index is 10.3. The Hall–Kier alpha value is -0.370. The lowest BCUT2D eigenvalue weighted by atomic mass is 9.88. The van der Waals surface area contributed by atoms with Gasteiger partial charge in [0.25, 0.3) is 0 Å². The monoisotopic (exact) mass is 172 g/mol. The summed E-state index contributed by atoms with van der Waals surface area (Å²) in [6.07, 6.45) is 4.64. The van der Waals surface area contributed by atoms with E-state index in [0.717, 1.165) is 25.5 Å². The fourth-order valence-electron chi connectivity index (χ4n) is 1.37. The summed E-state index contributed by atoms with van der Waals surface area (Å²) in [5, 5.41) is 8.58. The molecule has 0 saturated carbocycles. The second-order valence-electron chi connectivity index (χ2n) is 3.63. The molecule has 0 saturated heterocycles. The maximum atomic E-state index is 10.3. The zero-order valence-electron chi connectivity index (χ0n) is 8.12. The zero-order valence-corrected chi connectivity index (χ0v) is 8.12. The molecule has 0 aromatic carbocycles. The van der Waals surface area contributed by atoms with Gasteiger partial charge in [-0.2, -0.15) is 0 Å². The van der Waals surface area contributed by atoms with E-state index in [1.807, 2.05) is 0 Å². The highest BCUT2D eigenvalue weighted by atomic mass is 16.2. The molecule has 0 aliphatic heterocycles. The van der Waals surface area contributed by atoms with Crippen molar-refractivity contribution in [3.8, 4) is 0 Å². The quantitative estimate of drug-likeness (QED) is 0.471. The minimum atomic E-state index is 0.270. The number of aldehydes is 1. The average molecular weight is 172 g/mol. The number of unbranched alkanes of at least 4 members (excludes halogenated alkanes) is 1. The van der Waals surface area contributed by atoms with E-state index in [0.29, 0.717) is 18.3 Å². The molecule has 1 atom stereocenters. The normalized spacial score (nSPS) is 13.3. The first-order valence-corrected chi connectivity index (χ1v) is 4.76. The molecular weight excluding hydrogens is 152 g/mol. The van der Waals surface area contributed by atoms with Gasteiger partial charge in [-0.05, 0) is 24.7 Å². The molecule has 0 radical (unpaired) electrons. The Balaban J connectivity index is 3.55. The molecule has 1 N–H and O–H groups in total. The van der Waals surface area contributed by atoms with E-state index in [4.69, 9.17) is 5.11 Å². The van der Waals surface area contributed by atoms with Crippen molar-refractivity contribution in [3.63, 3.8) is 0 Å². The van der Waals surface area contributed by atoms with Gasteiger partial charge in [0.05, 0.1) is 0 Å². The Labute approximate surface area is 75.0 Å². The van der Waals surface area contributed by atoms with Crippen LogP contribution in [0.15, 0.2) is 0 Å². The molecule has 0 fully saturated rings. The lowest BCUT2D eigenvalue weighted by molar-refractivity contribution is -0.109. The highest BCUT2D eigenvalue weighted by molar-refractivity contribution is 5.49. The lowest BCUT2D eigenvalue weighted by Crippen LogP contribution is -2.09. The summed E-state index contributed by atoms with van der Waals surface area (Å²) >= 11 is 0. The topological polar surface area (TPSA) is 37.3 Å². The van der Waals surface area contributed by atoms with Crippen LogP contribution in [0.1, 0.15) is 39.5 Å². The standard InChI is InChI=1S/C10H20O2/c1-9(2)10(6-8-12)5-3-4-7-11/h8-11H,3-7H2,1-2H3/t10-/m0/s1. The third-order valence-electron chi connectivity index (χ3n) is 2.32. The second kappa shape index (κ2) is 7.29. The summed E-state index contributed by atoms with van der Waals surface area (Å²) in [5.41, 5.74) is 0. The summed E-state index contributed by atoms with van der Waals surface area (Å²) < 4.78 is 0. The van der Waals surface area contributed by atoms with Crippen molar-refractivity contribution in [2.75, 3.05) is 6.61 Å². The molecule has 0 aliphatic carbocycles. The number of aliphatic hydroxyl groups is 1. The van der Waals surface area contributed by atoms with E-state index in [9.17, 15) is 4.79 Å². The van der Waals surface area contributed by atoms with Crippen LogP contribution in [0.3, 0.4) is 0 Å². The van der Waals surface area contributed by atoms with E-state index in [1.165, 1.54) is 0 Å². The van der Waals surface area contributed by atoms with E-state index in [1.54, 1.807) is 0 Å². The molecule has 0 unspecified atom stereocenters. The van der Waals surface area contributed by atoms with Crippen LogP contribution in [-0.4, -0.2) is 18.0 Å². The minimum absolute atomic E-state index is 0.270. The van der Waals surface area contributed by atoms with Gasteiger partial charge in [-0.3, -0.25) is 0 Å². The molecular formula is C10H20O2. The molecule has 0 bridgehead atoms. The fraction of sp³-hybridized carbons (Fsp3) is 0.900. The van der Waals surface area contributed by atoms with Crippen molar-refractivity contribution >= 4 is 6.29 Å². The maximum Gasteiger partial charge on any atom is 0.120 e. The van der Waals surface area contributed by atoms with Gasteiger partial charge in [-0.1, -0.05) is 20.3 Å². The Morgan fingerprint density at radius 3 is 2.42 bits per heavy atom. The van der Waals surface area contributed by atoms with E-state index < -0.39 is 0 Å². The Bertz CT molecular complexity index is 110. The molecule has 72 valence electrons. The highest BCUT2D eigenvalue weighted by Crippen LogP contribution is 2.20. The van der Waals surface area contributed by atoms with Crippen LogP contribution < -0.4 is 0 Å². The predicted octanol–water partition coefficient (Wildman–Crippen LogP) is 2.01. The SMILES string of the molecule is CC(C)[C@H](CC=O)CCCCO. The van der Waals surface area contributed by atoms with Gasteiger partial charge < -0.3 is 9.90 Å². The molecule has 0 rings (SSSR count). The van der Waals surface area contributed by atoms with Gasteiger partial charge >= 0.3 is 0 Å². The third kappa shape index (κ3) is 5.30. The summed E-state index contributed by atoms with van der Waals surface area (Å²) in [6.45, 7) is 4.56.